The van der Waals surface area contributed by atoms with Gasteiger partial charge in [0.15, 0.2) is 0 Å². The van der Waals surface area contributed by atoms with Crippen LogP contribution >= 0.6 is 23.4 Å². The second-order valence-corrected chi connectivity index (χ2v) is 5.96. The Morgan fingerprint density at radius 2 is 1.95 bits per heavy atom. The molecule has 0 amide bonds. The number of halogens is 1. The van der Waals surface area contributed by atoms with E-state index in [1.165, 1.54) is 11.1 Å². The summed E-state index contributed by atoms with van der Waals surface area (Å²) in [6.45, 7) is 3.06. The van der Waals surface area contributed by atoms with Crippen molar-refractivity contribution in [2.24, 2.45) is 0 Å². The molecule has 1 nitrogen and oxygen atoms in total. The van der Waals surface area contributed by atoms with E-state index in [1.54, 1.807) is 0 Å². The predicted molar refractivity (Wildman–Crippen MR) is 87.3 cm³/mol. The van der Waals surface area contributed by atoms with Crippen LogP contribution in [-0.4, -0.2) is 12.3 Å². The van der Waals surface area contributed by atoms with E-state index < -0.39 is 0 Å². The molecule has 0 heterocycles. The first kappa shape index (κ1) is 14.3. The van der Waals surface area contributed by atoms with Gasteiger partial charge < -0.3 is 5.32 Å². The molecule has 2 aromatic carbocycles. The molecule has 3 heteroatoms. The molecular formula is C16H18ClNS. The molecule has 0 aromatic heterocycles. The quantitative estimate of drug-likeness (QED) is 0.752. The lowest BCUT2D eigenvalue weighted by Gasteiger charge is -2.08. The second kappa shape index (κ2) is 7.46. The average molecular weight is 292 g/mol. The monoisotopic (exact) mass is 291 g/mol. The van der Waals surface area contributed by atoms with Crippen LogP contribution in [0.5, 0.6) is 0 Å². The third-order valence-electron chi connectivity index (χ3n) is 2.79. The van der Waals surface area contributed by atoms with Crippen molar-refractivity contribution >= 4 is 29.1 Å². The molecule has 2 aromatic rings. The van der Waals surface area contributed by atoms with E-state index >= 15 is 0 Å². The van der Waals surface area contributed by atoms with Crippen LogP contribution in [-0.2, 0) is 5.75 Å². The van der Waals surface area contributed by atoms with E-state index in [0.717, 1.165) is 28.8 Å². The largest absolute Gasteiger partial charge is 0.383 e. The number of anilines is 1. The van der Waals surface area contributed by atoms with Gasteiger partial charge >= 0.3 is 0 Å². The summed E-state index contributed by atoms with van der Waals surface area (Å²) < 4.78 is 0. The lowest BCUT2D eigenvalue weighted by Crippen LogP contribution is -2.04. The van der Waals surface area contributed by atoms with Gasteiger partial charge in [0.2, 0.25) is 0 Å². The average Bonchev–Trinajstić information content (AvgIpc) is 2.40. The van der Waals surface area contributed by atoms with E-state index in [9.17, 15) is 0 Å². The van der Waals surface area contributed by atoms with Gasteiger partial charge in [-0.2, -0.15) is 11.8 Å². The number of rotatable bonds is 6. The van der Waals surface area contributed by atoms with E-state index in [2.05, 4.69) is 36.5 Å². The fourth-order valence-electron chi connectivity index (χ4n) is 1.85. The van der Waals surface area contributed by atoms with E-state index in [-0.39, 0.29) is 0 Å². The Balaban J connectivity index is 1.69. The van der Waals surface area contributed by atoms with Gasteiger partial charge in [0.1, 0.15) is 0 Å². The molecule has 0 saturated carbocycles. The third-order valence-corrected chi connectivity index (χ3v) is 4.15. The molecule has 1 N–H and O–H groups in total. The highest BCUT2D eigenvalue weighted by molar-refractivity contribution is 7.98. The summed E-state index contributed by atoms with van der Waals surface area (Å²) in [4.78, 5) is 0. The van der Waals surface area contributed by atoms with Gasteiger partial charge in [-0.1, -0.05) is 53.6 Å². The van der Waals surface area contributed by atoms with Crippen LogP contribution in [0, 0.1) is 6.92 Å². The van der Waals surface area contributed by atoms with Gasteiger partial charge in [0.05, 0.1) is 10.7 Å². The Morgan fingerprint density at radius 1 is 1.11 bits per heavy atom. The first-order valence-electron chi connectivity index (χ1n) is 6.37. The second-order valence-electron chi connectivity index (χ2n) is 4.45. The lowest BCUT2D eigenvalue weighted by atomic mass is 10.2. The summed E-state index contributed by atoms with van der Waals surface area (Å²) >= 11 is 8.02. The number of hydrogen-bond donors (Lipinski definition) is 1. The molecule has 0 atom stereocenters. The minimum absolute atomic E-state index is 0.784. The summed E-state index contributed by atoms with van der Waals surface area (Å²) in [6.07, 6.45) is 0. The van der Waals surface area contributed by atoms with Crippen LogP contribution in [0.4, 0.5) is 5.69 Å². The number of hydrogen-bond acceptors (Lipinski definition) is 2. The molecule has 0 fully saturated rings. The Kier molecular flexibility index (Phi) is 5.62. The van der Waals surface area contributed by atoms with Crippen molar-refractivity contribution in [3.63, 3.8) is 0 Å². The Bertz CT molecular complexity index is 528. The standard InChI is InChI=1S/C16H18ClNS/c1-13-5-4-6-14(11-13)12-19-10-9-18-16-8-3-2-7-15(16)17/h2-8,11,18H,9-10,12H2,1H3. The number of aryl methyl sites for hydroxylation is 1. The minimum atomic E-state index is 0.784. The number of nitrogens with one attached hydrogen (secondary N) is 1. The smallest absolute Gasteiger partial charge is 0.0637 e. The van der Waals surface area contributed by atoms with Crippen LogP contribution in [0.3, 0.4) is 0 Å². The highest BCUT2D eigenvalue weighted by Gasteiger charge is 1.98. The summed E-state index contributed by atoms with van der Waals surface area (Å²) in [5.41, 5.74) is 3.73. The predicted octanol–water partition coefficient (Wildman–Crippen LogP) is 4.99. The molecule has 0 radical (unpaired) electrons. The van der Waals surface area contributed by atoms with Crippen molar-refractivity contribution in [3.05, 3.63) is 64.7 Å². The van der Waals surface area contributed by atoms with E-state index in [1.807, 2.05) is 36.0 Å². The van der Waals surface area contributed by atoms with Gasteiger partial charge in [-0.15, -0.1) is 0 Å². The van der Waals surface area contributed by atoms with Gasteiger partial charge in [0, 0.05) is 18.1 Å². The van der Waals surface area contributed by atoms with Gasteiger partial charge in [-0.3, -0.25) is 0 Å². The van der Waals surface area contributed by atoms with Gasteiger partial charge in [-0.05, 0) is 24.6 Å². The Morgan fingerprint density at radius 3 is 2.74 bits per heavy atom. The number of para-hydroxylation sites is 1. The normalized spacial score (nSPS) is 10.4. The highest BCUT2D eigenvalue weighted by atomic mass is 35.5. The molecule has 0 aliphatic heterocycles. The molecule has 0 bridgehead atoms. The fourth-order valence-corrected chi connectivity index (χ4v) is 2.86. The first-order valence-corrected chi connectivity index (χ1v) is 7.90. The number of benzene rings is 2. The van der Waals surface area contributed by atoms with Gasteiger partial charge in [-0.25, -0.2) is 0 Å². The zero-order chi connectivity index (χ0) is 13.5. The molecule has 0 aliphatic carbocycles. The Labute approximate surface area is 124 Å². The fraction of sp³-hybridized carbons (Fsp3) is 0.250. The summed E-state index contributed by atoms with van der Waals surface area (Å²) in [5.74, 6) is 2.13. The van der Waals surface area contributed by atoms with Crippen molar-refractivity contribution in [1.29, 1.82) is 0 Å². The summed E-state index contributed by atoms with van der Waals surface area (Å²) in [5, 5.41) is 4.14. The van der Waals surface area contributed by atoms with Gasteiger partial charge in [0.25, 0.3) is 0 Å². The van der Waals surface area contributed by atoms with E-state index in [0.29, 0.717) is 0 Å². The molecular weight excluding hydrogens is 274 g/mol. The maximum absolute atomic E-state index is 6.08. The van der Waals surface area contributed by atoms with Crippen LogP contribution in [0.15, 0.2) is 48.5 Å². The van der Waals surface area contributed by atoms with Crippen LogP contribution in [0.2, 0.25) is 5.02 Å². The maximum Gasteiger partial charge on any atom is 0.0637 e. The Hall–Kier alpha value is -1.12. The zero-order valence-electron chi connectivity index (χ0n) is 11.0. The van der Waals surface area contributed by atoms with Crippen molar-refractivity contribution in [1.82, 2.24) is 0 Å². The van der Waals surface area contributed by atoms with Crippen LogP contribution in [0.1, 0.15) is 11.1 Å². The van der Waals surface area contributed by atoms with Crippen molar-refractivity contribution < 1.29 is 0 Å². The molecule has 19 heavy (non-hydrogen) atoms. The SMILES string of the molecule is Cc1cccc(CSCCNc2ccccc2Cl)c1. The molecule has 2 rings (SSSR count). The topological polar surface area (TPSA) is 12.0 Å². The zero-order valence-corrected chi connectivity index (χ0v) is 12.6. The minimum Gasteiger partial charge on any atom is -0.383 e. The molecule has 0 spiro atoms. The van der Waals surface area contributed by atoms with Crippen molar-refractivity contribution in [3.8, 4) is 0 Å². The van der Waals surface area contributed by atoms with Crippen molar-refractivity contribution in [2.45, 2.75) is 12.7 Å². The maximum atomic E-state index is 6.08. The summed E-state index contributed by atoms with van der Waals surface area (Å²) in [7, 11) is 0. The number of thioether (sulfide) groups is 1. The van der Waals surface area contributed by atoms with Crippen LogP contribution < -0.4 is 5.32 Å². The van der Waals surface area contributed by atoms with E-state index in [4.69, 9.17) is 11.6 Å². The molecule has 100 valence electrons. The van der Waals surface area contributed by atoms with Crippen LogP contribution in [0.25, 0.3) is 0 Å². The third kappa shape index (κ3) is 4.81. The summed E-state index contributed by atoms with van der Waals surface area (Å²) in [6, 6.07) is 16.5. The lowest BCUT2D eigenvalue weighted by molar-refractivity contribution is 1.22. The molecule has 0 unspecified atom stereocenters. The molecule has 0 aliphatic rings. The molecule has 0 saturated heterocycles. The first-order chi connectivity index (χ1) is 9.25. The van der Waals surface area contributed by atoms with Crippen molar-refractivity contribution in [2.75, 3.05) is 17.6 Å². The highest BCUT2D eigenvalue weighted by Crippen LogP contribution is 2.20.